The van der Waals surface area contributed by atoms with Crippen LogP contribution in [0.2, 0.25) is 0 Å². The van der Waals surface area contributed by atoms with E-state index in [4.69, 9.17) is 14.2 Å². The van der Waals surface area contributed by atoms with Gasteiger partial charge in [-0.1, -0.05) is 132 Å². The van der Waals surface area contributed by atoms with Gasteiger partial charge in [0.05, 0.1) is 32.0 Å². The van der Waals surface area contributed by atoms with E-state index in [2.05, 4.69) is 24.3 Å². The van der Waals surface area contributed by atoms with Gasteiger partial charge in [0.1, 0.15) is 39.1 Å². The van der Waals surface area contributed by atoms with Crippen molar-refractivity contribution in [2.75, 3.05) is 79.2 Å². The molecule has 4 rings (SSSR count). The number of carbonyl (C=O) groups excluding carboxylic acids is 1. The maximum Gasteiger partial charge on any atom is 0.385 e. The number of nitrogens with one attached hydrogen (secondary N) is 1. The van der Waals surface area contributed by atoms with Crippen LogP contribution in [0.5, 0.6) is 0 Å². The van der Waals surface area contributed by atoms with Gasteiger partial charge in [-0.15, -0.1) is 0 Å². The minimum atomic E-state index is -9.03. The molecule has 117 heavy (non-hydrogen) atoms. The Morgan fingerprint density at radius 3 is 1.10 bits per heavy atom. The zero-order chi connectivity index (χ0) is 90.0. The van der Waals surface area contributed by atoms with Crippen LogP contribution in [-0.4, -0.2) is 197 Å². The van der Waals surface area contributed by atoms with Gasteiger partial charge in [0, 0.05) is 30.9 Å². The molecule has 1 fully saturated rings. The number of alkyl halides is 32. The molecule has 2 aromatic rings. The fourth-order valence-electron chi connectivity index (χ4n) is 13.3. The molecule has 2 aromatic carbocycles. The minimum absolute atomic E-state index is 0.0177. The van der Waals surface area contributed by atoms with Crippen molar-refractivity contribution in [2.24, 2.45) is 11.8 Å². The normalized spacial score (nSPS) is 17.6. The zero-order valence-electron chi connectivity index (χ0n) is 64.6. The Hall–Kier alpha value is -5.14. The lowest BCUT2D eigenvalue weighted by atomic mass is 9.61. The third-order valence-corrected chi connectivity index (χ3v) is 20.5. The van der Waals surface area contributed by atoms with E-state index in [1.165, 1.54) is 38.1 Å². The number of rotatable bonds is 54. The van der Waals surface area contributed by atoms with Crippen molar-refractivity contribution in [1.82, 2.24) is 5.32 Å². The number of unbranched alkanes of at least 4 members (excludes halogenated alkanes) is 6. The van der Waals surface area contributed by atoms with Gasteiger partial charge in [0.15, 0.2) is 0 Å². The summed E-state index contributed by atoms with van der Waals surface area (Å²) >= 11 is 0. The number of hydrogen-bond donors (Lipinski definition) is 2. The third kappa shape index (κ3) is 21.2. The van der Waals surface area contributed by atoms with E-state index >= 15 is 70.2 Å². The predicted molar refractivity (Wildman–Crippen MR) is 356 cm³/mol. The van der Waals surface area contributed by atoms with Gasteiger partial charge in [0.2, 0.25) is 11.7 Å². The highest BCUT2D eigenvalue weighted by Crippen LogP contribution is 2.67. The van der Waals surface area contributed by atoms with Crippen LogP contribution in [0, 0.1) is 11.8 Å². The first kappa shape index (κ1) is 104. The summed E-state index contributed by atoms with van der Waals surface area (Å²) in [5.74, 6) is -139. The molecule has 1 amide bonds. The molecule has 0 bridgehead atoms. The van der Waals surface area contributed by atoms with Crippen LogP contribution in [0.25, 0.3) is 0 Å². The van der Waals surface area contributed by atoms with E-state index in [1.54, 1.807) is 19.9 Å². The average Bonchev–Trinajstić information content (AvgIpc) is 0.854. The number of halogens is 32. The van der Waals surface area contributed by atoms with E-state index in [1.807, 2.05) is 33.8 Å². The van der Waals surface area contributed by atoms with Gasteiger partial charge in [-0.05, 0) is 115 Å². The highest BCUT2D eigenvalue weighted by molar-refractivity contribution is 5.87. The fraction of sp³-hybridized carbons (Fsp3) is 0.811. The summed E-state index contributed by atoms with van der Waals surface area (Å²) in [7, 11) is 0. The van der Waals surface area contributed by atoms with Crippen molar-refractivity contribution in [3.63, 3.8) is 0 Å². The molecule has 43 heteroatoms. The van der Waals surface area contributed by atoms with Crippen LogP contribution in [-0.2, 0) is 61.0 Å². The highest BCUT2D eigenvalue weighted by Gasteiger charge is 2.97. The number of hydrogen-bond acceptors (Lipinski definition) is 9. The number of ether oxygens (including phenoxy) is 7. The number of carboxylic acid groups (broad SMARTS) is 1. The summed E-state index contributed by atoms with van der Waals surface area (Å²) < 4.78 is 515. The standard InChI is InChI=1S/C74H95F32NO10/c1-9-13-15-17-22-45(20-11-3)36-111-41-58(75,76)63(83,84)67(91,92)71(99,100)73(103,104)69(95,96)65(87,88)60(79,80)43-113-38-51(39-114-44-61(81,82)66(89,90)70(97,98)74(105,106)72(101,102)68(93,94)64(85,86)59(77,78)42-112-37-46(21-12-4)23-18-16-14-10-2)115-40-53(108)107-31-19-24-48-34-50(35-52-54(48)57(7,8)30-29-56(52,5)6)62(116-32-33-117-62)49-27-25-47(26-28-49)55(109)110/h25-28,34-35,45-46,51H,9-24,29-33,36-44H2,1-8H3,(H,107,108)(H,109,110). The number of aromatic carboxylic acids is 1. The molecule has 0 spiro atoms. The molecule has 680 valence electrons. The van der Waals surface area contributed by atoms with Crippen LogP contribution in [0.4, 0.5) is 140 Å². The first-order valence-electron chi connectivity index (χ1n) is 37.3. The summed E-state index contributed by atoms with van der Waals surface area (Å²) in [6.45, 7) is -8.93. The first-order valence-corrected chi connectivity index (χ1v) is 37.3. The summed E-state index contributed by atoms with van der Waals surface area (Å²) in [6, 6.07) is 8.88. The molecule has 1 saturated heterocycles. The van der Waals surface area contributed by atoms with E-state index in [0.29, 0.717) is 80.9 Å². The molecule has 0 aromatic heterocycles. The Labute approximate surface area is 653 Å². The summed E-state index contributed by atoms with van der Waals surface area (Å²) in [4.78, 5) is 25.0. The second-order valence-electron chi connectivity index (χ2n) is 30.7. The third-order valence-electron chi connectivity index (χ3n) is 20.5. The molecule has 11 nitrogen and oxygen atoms in total. The molecule has 2 atom stereocenters. The van der Waals surface area contributed by atoms with Crippen LogP contribution < -0.4 is 5.32 Å². The molecular weight excluding hydrogens is 1670 g/mol. The summed E-state index contributed by atoms with van der Waals surface area (Å²) in [5.41, 5.74) is 1.45. The maximum atomic E-state index is 15.3. The summed E-state index contributed by atoms with van der Waals surface area (Å²) in [6.07, 6.45) is 2.87. The van der Waals surface area contributed by atoms with Crippen molar-refractivity contribution in [3.05, 3.63) is 69.8 Å². The Morgan fingerprint density at radius 1 is 0.419 bits per heavy atom. The molecule has 1 aliphatic heterocycles. The van der Waals surface area contributed by atoms with E-state index in [0.717, 1.165) is 11.1 Å². The largest absolute Gasteiger partial charge is 0.478 e. The van der Waals surface area contributed by atoms with Crippen molar-refractivity contribution < 1.29 is 188 Å². The van der Waals surface area contributed by atoms with Crippen LogP contribution in [0.15, 0.2) is 36.4 Å². The molecule has 1 heterocycles. The van der Waals surface area contributed by atoms with Gasteiger partial charge < -0.3 is 43.6 Å². The van der Waals surface area contributed by atoms with Crippen LogP contribution in [0.3, 0.4) is 0 Å². The molecule has 0 saturated carbocycles. The lowest BCUT2D eigenvalue weighted by Gasteiger charge is -2.44. The quantitative estimate of drug-likeness (QED) is 0.0488. The van der Waals surface area contributed by atoms with Gasteiger partial charge in [-0.25, -0.2) is 4.79 Å². The molecule has 2 aliphatic rings. The number of carbonyl (C=O) groups is 2. The number of carboxylic acids is 1. The monoisotopic (exact) mass is 1770 g/mol. The number of fused-ring (bicyclic) bond motifs is 1. The van der Waals surface area contributed by atoms with Gasteiger partial charge in [0.25, 0.3) is 0 Å². The Morgan fingerprint density at radius 2 is 0.761 bits per heavy atom. The topological polar surface area (TPSA) is 131 Å². The maximum absolute atomic E-state index is 15.3. The lowest BCUT2D eigenvalue weighted by Crippen LogP contribution is -2.75. The van der Waals surface area contributed by atoms with E-state index < -0.39 is 207 Å². The van der Waals surface area contributed by atoms with Crippen LogP contribution in [0.1, 0.15) is 203 Å². The molecular formula is C74H95F32NO10. The molecule has 2 N–H and O–H groups in total. The van der Waals surface area contributed by atoms with E-state index in [9.17, 15) is 84.9 Å². The molecule has 1 aliphatic carbocycles. The van der Waals surface area contributed by atoms with Gasteiger partial charge in [-0.3, -0.25) is 4.79 Å². The first-order chi connectivity index (χ1) is 53.2. The Balaban J connectivity index is 1.68. The number of benzene rings is 2. The van der Waals surface area contributed by atoms with Gasteiger partial charge in [-0.2, -0.15) is 140 Å². The van der Waals surface area contributed by atoms with Crippen LogP contribution >= 0.6 is 0 Å². The van der Waals surface area contributed by atoms with Crippen molar-refractivity contribution in [3.8, 4) is 0 Å². The second kappa shape index (κ2) is 38.7. The predicted octanol–water partition coefficient (Wildman–Crippen LogP) is 22.4. The summed E-state index contributed by atoms with van der Waals surface area (Å²) in [5, 5.41) is 11.7. The fourth-order valence-corrected chi connectivity index (χ4v) is 13.3. The molecule has 0 radical (unpaired) electrons. The Kier molecular flexibility index (Phi) is 34.5. The highest BCUT2D eigenvalue weighted by atomic mass is 19.4. The zero-order valence-corrected chi connectivity index (χ0v) is 64.6. The SMILES string of the molecule is CCCCCCC(CCC)COCC(F)(F)C(F)(F)C(F)(F)C(F)(F)C(F)(F)C(F)(F)C(F)(F)C(F)(F)COCC(COCC(F)(F)C(F)(F)C(F)(F)C(F)(F)C(F)(F)C(F)(F)C(F)(F)C(F)(F)COCC(CCC)CCCCCC)OCC(=O)NCCCc1cc(C2(c3ccc(C(=O)O)cc3)OCCO2)cc2c1C(C)(C)CCC2(C)C. The molecule has 2 unspecified atom stereocenters. The number of aryl methyl sites for hydroxylation is 1. The minimum Gasteiger partial charge on any atom is -0.478 e. The van der Waals surface area contributed by atoms with Crippen molar-refractivity contribution in [2.45, 2.75) is 288 Å². The second-order valence-corrected chi connectivity index (χ2v) is 30.7. The van der Waals surface area contributed by atoms with Crippen molar-refractivity contribution in [1.29, 1.82) is 0 Å². The van der Waals surface area contributed by atoms with E-state index in [-0.39, 0.29) is 70.1 Å². The number of amides is 1. The van der Waals surface area contributed by atoms with Crippen molar-refractivity contribution >= 4 is 11.9 Å². The Bertz CT molecular complexity index is 3350. The smallest absolute Gasteiger partial charge is 0.385 e. The average molecular weight is 1770 g/mol. The van der Waals surface area contributed by atoms with Gasteiger partial charge >= 0.3 is 101 Å². The lowest BCUT2D eigenvalue weighted by molar-refractivity contribution is -0.455.